The molecule has 8 heteroatoms. The maximum atomic E-state index is 14.7. The number of likely N-dealkylation sites (tertiary alicyclic amines) is 1. The number of hydrogen-bond acceptors (Lipinski definition) is 6. The number of benzene rings is 2. The van der Waals surface area contributed by atoms with Gasteiger partial charge in [0, 0.05) is 25.4 Å². The molecule has 3 unspecified atom stereocenters. The first-order valence-corrected chi connectivity index (χ1v) is 15.0. The Balaban J connectivity index is 1.52. The molecule has 2 aromatic carbocycles. The summed E-state index contributed by atoms with van der Waals surface area (Å²) in [5.41, 5.74) is -1.43. The highest BCUT2D eigenvalue weighted by Crippen LogP contribution is 2.65. The molecule has 3 aliphatic rings. The molecule has 1 spiro atoms. The second-order valence-corrected chi connectivity index (χ2v) is 12.0. The lowest BCUT2D eigenvalue weighted by Crippen LogP contribution is -2.57. The van der Waals surface area contributed by atoms with E-state index in [1.807, 2.05) is 62.4 Å². The van der Waals surface area contributed by atoms with Gasteiger partial charge >= 0.3 is 5.97 Å². The van der Waals surface area contributed by atoms with Gasteiger partial charge in [-0.15, -0.1) is 13.2 Å². The summed E-state index contributed by atoms with van der Waals surface area (Å²) in [5, 5.41) is 11.7. The molecule has 3 saturated heterocycles. The van der Waals surface area contributed by atoms with Crippen LogP contribution < -0.4 is 4.90 Å². The van der Waals surface area contributed by atoms with Gasteiger partial charge in [0.15, 0.2) is 0 Å². The summed E-state index contributed by atoms with van der Waals surface area (Å²) in [6.45, 7) is 12.1. The number of fused-ring (bicyclic) bond motifs is 2. The summed E-state index contributed by atoms with van der Waals surface area (Å²) in [6.07, 6.45) is 6.67. The summed E-state index contributed by atoms with van der Waals surface area (Å²) >= 11 is 0. The molecule has 3 aliphatic heterocycles. The van der Waals surface area contributed by atoms with Gasteiger partial charge in [-0.05, 0) is 67.9 Å². The fraction of sp³-hybridized carbons (Fsp3) is 0.500. The standard InChI is InChI=1S/C34H42N2O6/c1-5-7-8-11-20-41-32(40)28-27-30(38)36(18-12-19-37)29(34(27)22-23(3)33(28,4)42-34)31(39)35(17-6-2)26-16-15-24-13-9-10-14-25(24)21-26/h5-6,9-10,13-16,21,23,27-29,37H,1-2,7-8,11-12,17-20,22H2,3-4H3/t23?,27-,28+,29?,33-,34?/m0/s1. The van der Waals surface area contributed by atoms with Crippen LogP contribution in [0.1, 0.15) is 46.0 Å². The zero-order valence-corrected chi connectivity index (χ0v) is 24.7. The first-order chi connectivity index (χ1) is 20.2. The van der Waals surface area contributed by atoms with E-state index in [-0.39, 0.29) is 44.0 Å². The van der Waals surface area contributed by atoms with E-state index < -0.39 is 35.0 Å². The minimum absolute atomic E-state index is 0.0820. The van der Waals surface area contributed by atoms with Gasteiger partial charge in [0.1, 0.15) is 17.6 Å². The van der Waals surface area contributed by atoms with E-state index in [9.17, 15) is 19.5 Å². The van der Waals surface area contributed by atoms with Gasteiger partial charge in [0.2, 0.25) is 5.91 Å². The van der Waals surface area contributed by atoms with Gasteiger partial charge in [0.05, 0.1) is 18.1 Å². The van der Waals surface area contributed by atoms with E-state index in [0.717, 1.165) is 23.6 Å². The number of nitrogens with zero attached hydrogens (tertiary/aromatic N) is 2. The maximum absolute atomic E-state index is 14.7. The summed E-state index contributed by atoms with van der Waals surface area (Å²) < 4.78 is 12.5. The van der Waals surface area contributed by atoms with Crippen molar-refractivity contribution in [1.82, 2.24) is 4.90 Å². The number of aliphatic hydroxyl groups is 1. The number of esters is 1. The van der Waals surface area contributed by atoms with Crippen molar-refractivity contribution in [3.05, 3.63) is 67.8 Å². The van der Waals surface area contributed by atoms with Crippen molar-refractivity contribution in [3.63, 3.8) is 0 Å². The van der Waals surface area contributed by atoms with Crippen LogP contribution in [0.3, 0.4) is 0 Å². The molecule has 8 nitrogen and oxygen atoms in total. The number of anilines is 1. The molecule has 0 aliphatic carbocycles. The number of carbonyl (C=O) groups is 3. The Labute approximate surface area is 248 Å². The van der Waals surface area contributed by atoms with Gasteiger partial charge in [-0.25, -0.2) is 0 Å². The molecule has 5 rings (SSSR count). The van der Waals surface area contributed by atoms with Gasteiger partial charge in [-0.1, -0.05) is 49.4 Å². The Kier molecular flexibility index (Phi) is 8.58. The number of ether oxygens (including phenoxy) is 2. The number of hydrogen-bond donors (Lipinski definition) is 1. The fourth-order valence-corrected chi connectivity index (χ4v) is 7.46. The second kappa shape index (κ2) is 12.0. The summed E-state index contributed by atoms with van der Waals surface area (Å²) in [5.74, 6) is -2.76. The molecule has 0 aromatic heterocycles. The van der Waals surface area contributed by atoms with Gasteiger partial charge < -0.3 is 24.4 Å². The molecule has 2 amide bonds. The molecule has 1 N–H and O–H groups in total. The lowest BCUT2D eigenvalue weighted by Gasteiger charge is -2.37. The highest BCUT2D eigenvalue weighted by molar-refractivity contribution is 6.05. The van der Waals surface area contributed by atoms with Crippen LogP contribution >= 0.6 is 0 Å². The van der Waals surface area contributed by atoms with Crippen LogP contribution in [0.2, 0.25) is 0 Å². The predicted octanol–water partition coefficient (Wildman–Crippen LogP) is 4.65. The van der Waals surface area contributed by atoms with Crippen molar-refractivity contribution >= 4 is 34.2 Å². The number of unbranched alkanes of at least 4 members (excludes halogenated alkanes) is 2. The van der Waals surface area contributed by atoms with E-state index >= 15 is 0 Å². The van der Waals surface area contributed by atoms with Gasteiger partial charge in [-0.2, -0.15) is 0 Å². The van der Waals surface area contributed by atoms with Crippen molar-refractivity contribution < 1.29 is 29.0 Å². The van der Waals surface area contributed by atoms with Crippen LogP contribution in [0.15, 0.2) is 67.8 Å². The summed E-state index contributed by atoms with van der Waals surface area (Å²) in [4.78, 5) is 45.7. The predicted molar refractivity (Wildman–Crippen MR) is 162 cm³/mol. The normalized spacial score (nSPS) is 29.5. The van der Waals surface area contributed by atoms with E-state index in [1.54, 1.807) is 15.9 Å². The molecule has 0 radical (unpaired) electrons. The zero-order valence-electron chi connectivity index (χ0n) is 24.7. The quantitative estimate of drug-likeness (QED) is 0.213. The minimum Gasteiger partial charge on any atom is -0.465 e. The average molecular weight is 575 g/mol. The Morgan fingerprint density at radius 3 is 2.62 bits per heavy atom. The molecule has 2 aromatic rings. The first kappa shape index (κ1) is 30.0. The first-order valence-electron chi connectivity index (χ1n) is 15.0. The Morgan fingerprint density at radius 2 is 1.90 bits per heavy atom. The molecular formula is C34H42N2O6. The third-order valence-corrected chi connectivity index (χ3v) is 9.53. The smallest absolute Gasteiger partial charge is 0.312 e. The molecule has 224 valence electrons. The van der Waals surface area contributed by atoms with E-state index in [0.29, 0.717) is 24.9 Å². The van der Waals surface area contributed by atoms with Gasteiger partial charge in [-0.3, -0.25) is 14.4 Å². The van der Waals surface area contributed by atoms with E-state index in [1.165, 1.54) is 0 Å². The van der Waals surface area contributed by atoms with E-state index in [2.05, 4.69) is 13.2 Å². The second-order valence-electron chi connectivity index (χ2n) is 12.0. The Hall–Kier alpha value is -3.49. The highest BCUT2D eigenvalue weighted by Gasteiger charge is 2.80. The molecule has 2 bridgehead atoms. The number of carbonyl (C=O) groups excluding carboxylic acids is 3. The number of aliphatic hydroxyl groups excluding tert-OH is 1. The molecular weight excluding hydrogens is 532 g/mol. The lowest BCUT2D eigenvalue weighted by molar-refractivity contribution is -0.161. The zero-order chi connectivity index (χ0) is 30.1. The number of rotatable bonds is 13. The summed E-state index contributed by atoms with van der Waals surface area (Å²) in [6, 6.07) is 12.8. The molecule has 42 heavy (non-hydrogen) atoms. The third kappa shape index (κ3) is 4.84. The van der Waals surface area contributed by atoms with Crippen LogP contribution in [-0.4, -0.2) is 71.3 Å². The van der Waals surface area contributed by atoms with Crippen molar-refractivity contribution in [2.75, 3.05) is 31.2 Å². The van der Waals surface area contributed by atoms with Crippen LogP contribution in [-0.2, 0) is 23.9 Å². The monoisotopic (exact) mass is 574 g/mol. The van der Waals surface area contributed by atoms with Gasteiger partial charge in [0.25, 0.3) is 5.91 Å². The van der Waals surface area contributed by atoms with E-state index in [4.69, 9.17) is 9.47 Å². The molecule has 3 heterocycles. The fourth-order valence-electron chi connectivity index (χ4n) is 7.46. The van der Waals surface area contributed by atoms with Crippen molar-refractivity contribution in [1.29, 1.82) is 0 Å². The lowest BCUT2D eigenvalue weighted by atomic mass is 9.62. The highest BCUT2D eigenvalue weighted by atomic mass is 16.6. The van der Waals surface area contributed by atoms with Crippen LogP contribution in [0, 0.1) is 17.8 Å². The third-order valence-electron chi connectivity index (χ3n) is 9.53. The molecule has 3 fully saturated rings. The summed E-state index contributed by atoms with van der Waals surface area (Å²) in [7, 11) is 0. The topological polar surface area (TPSA) is 96.4 Å². The van der Waals surface area contributed by atoms with Crippen molar-refractivity contribution in [3.8, 4) is 0 Å². The largest absolute Gasteiger partial charge is 0.465 e. The van der Waals surface area contributed by atoms with Crippen LogP contribution in [0.5, 0.6) is 0 Å². The van der Waals surface area contributed by atoms with Crippen LogP contribution in [0.4, 0.5) is 5.69 Å². The number of amides is 2. The molecule has 6 atom stereocenters. The Bertz CT molecular complexity index is 1370. The average Bonchev–Trinajstić information content (AvgIpc) is 3.50. The van der Waals surface area contributed by atoms with Crippen molar-refractivity contribution in [2.45, 2.75) is 63.2 Å². The van der Waals surface area contributed by atoms with Crippen molar-refractivity contribution in [2.24, 2.45) is 17.8 Å². The Morgan fingerprint density at radius 1 is 1.14 bits per heavy atom. The SMILES string of the molecule is C=CCCCCOC(=O)[C@H]1[C@H]2C(=O)N(CCCO)C(C(=O)N(CC=C)c3ccc4ccccc4c3)C23CC(C)[C@]1(C)O3. The maximum Gasteiger partial charge on any atom is 0.312 e. The molecule has 0 saturated carbocycles. The minimum atomic E-state index is -1.18. The van der Waals surface area contributed by atoms with Crippen LogP contribution in [0.25, 0.3) is 10.8 Å². The number of allylic oxidation sites excluding steroid dienone is 1.